The van der Waals surface area contributed by atoms with Gasteiger partial charge < -0.3 is 5.32 Å². The smallest absolute Gasteiger partial charge is 0.101 e. The number of hydrogen-bond donors (Lipinski definition) is 1. The normalized spacial score (nSPS) is 10.2. The Morgan fingerprint density at radius 3 is 2.70 bits per heavy atom. The number of benzene rings is 2. The van der Waals surface area contributed by atoms with Crippen molar-refractivity contribution in [3.63, 3.8) is 0 Å². The molecule has 0 saturated carbocycles. The van der Waals surface area contributed by atoms with E-state index in [2.05, 4.69) is 16.4 Å². The Balaban J connectivity index is 2.12. The second kappa shape index (κ2) is 5.02. The molecule has 1 aromatic heterocycles. The van der Waals surface area contributed by atoms with Gasteiger partial charge in [0.1, 0.15) is 6.07 Å². The maximum Gasteiger partial charge on any atom is 0.101 e. The zero-order chi connectivity index (χ0) is 13.9. The second-order valence-corrected chi connectivity index (χ2v) is 4.61. The molecule has 20 heavy (non-hydrogen) atoms. The van der Waals surface area contributed by atoms with E-state index in [-0.39, 0.29) is 0 Å². The summed E-state index contributed by atoms with van der Waals surface area (Å²) in [7, 11) is 0. The third kappa shape index (κ3) is 2.08. The van der Waals surface area contributed by atoms with Gasteiger partial charge in [0, 0.05) is 17.3 Å². The summed E-state index contributed by atoms with van der Waals surface area (Å²) >= 11 is 0. The van der Waals surface area contributed by atoms with Crippen LogP contribution >= 0.6 is 0 Å². The maximum atomic E-state index is 9.15. The van der Waals surface area contributed by atoms with E-state index in [1.807, 2.05) is 49.4 Å². The van der Waals surface area contributed by atoms with Crippen molar-refractivity contribution in [1.29, 1.82) is 5.26 Å². The monoisotopic (exact) mass is 259 g/mol. The topological polar surface area (TPSA) is 48.7 Å². The van der Waals surface area contributed by atoms with E-state index in [0.29, 0.717) is 5.56 Å². The summed E-state index contributed by atoms with van der Waals surface area (Å²) in [5, 5.41) is 13.5. The van der Waals surface area contributed by atoms with Crippen molar-refractivity contribution in [2.75, 3.05) is 5.32 Å². The lowest BCUT2D eigenvalue weighted by molar-refractivity contribution is 1.36. The molecule has 3 aromatic rings. The third-order valence-electron chi connectivity index (χ3n) is 3.29. The lowest BCUT2D eigenvalue weighted by Gasteiger charge is -2.11. The molecule has 1 heterocycles. The Morgan fingerprint density at radius 1 is 1.00 bits per heavy atom. The van der Waals surface area contributed by atoms with Gasteiger partial charge in [-0.1, -0.05) is 30.3 Å². The number of rotatable bonds is 2. The number of aryl methyl sites for hydroxylation is 1. The molecule has 1 N–H and O–H groups in total. The molecule has 96 valence electrons. The Labute approximate surface area is 117 Å². The third-order valence-corrected chi connectivity index (χ3v) is 3.29. The van der Waals surface area contributed by atoms with Gasteiger partial charge in [-0.3, -0.25) is 4.98 Å². The first-order valence-electron chi connectivity index (χ1n) is 6.40. The van der Waals surface area contributed by atoms with E-state index < -0.39 is 0 Å². The van der Waals surface area contributed by atoms with Crippen LogP contribution < -0.4 is 5.32 Å². The van der Waals surface area contributed by atoms with Gasteiger partial charge in [0.15, 0.2) is 0 Å². The van der Waals surface area contributed by atoms with Crippen molar-refractivity contribution < 1.29 is 0 Å². The van der Waals surface area contributed by atoms with Crippen molar-refractivity contribution in [3.05, 3.63) is 65.9 Å². The molecule has 0 aliphatic heterocycles. The highest BCUT2D eigenvalue weighted by Crippen LogP contribution is 2.27. The zero-order valence-corrected chi connectivity index (χ0v) is 11.1. The van der Waals surface area contributed by atoms with Crippen LogP contribution in [0.5, 0.6) is 0 Å². The highest BCUT2D eigenvalue weighted by atomic mass is 14.9. The van der Waals surface area contributed by atoms with Crippen molar-refractivity contribution in [1.82, 2.24) is 4.98 Å². The lowest BCUT2D eigenvalue weighted by Crippen LogP contribution is -1.95. The van der Waals surface area contributed by atoms with E-state index in [0.717, 1.165) is 27.8 Å². The molecular weight excluding hydrogens is 246 g/mol. The fourth-order valence-electron chi connectivity index (χ4n) is 2.27. The van der Waals surface area contributed by atoms with Crippen LogP contribution in [-0.2, 0) is 0 Å². The Bertz CT molecular complexity index is 816. The van der Waals surface area contributed by atoms with Gasteiger partial charge in [0.05, 0.1) is 16.8 Å². The summed E-state index contributed by atoms with van der Waals surface area (Å²) in [6.45, 7) is 2.04. The summed E-state index contributed by atoms with van der Waals surface area (Å²) in [5.41, 5.74) is 4.52. The van der Waals surface area contributed by atoms with E-state index in [4.69, 9.17) is 5.26 Å². The van der Waals surface area contributed by atoms with E-state index in [1.54, 1.807) is 12.3 Å². The van der Waals surface area contributed by atoms with Crippen LogP contribution in [0.25, 0.3) is 10.9 Å². The Morgan fingerprint density at radius 2 is 1.85 bits per heavy atom. The first kappa shape index (κ1) is 12.2. The molecule has 0 aliphatic rings. The number of nitrogens with zero attached hydrogens (tertiary/aromatic N) is 2. The van der Waals surface area contributed by atoms with Crippen molar-refractivity contribution in [2.24, 2.45) is 0 Å². The van der Waals surface area contributed by atoms with Gasteiger partial charge in [-0.25, -0.2) is 0 Å². The first-order valence-corrected chi connectivity index (χ1v) is 6.40. The summed E-state index contributed by atoms with van der Waals surface area (Å²) in [6, 6.07) is 17.7. The van der Waals surface area contributed by atoms with Crippen LogP contribution in [0.15, 0.2) is 54.7 Å². The Hall–Kier alpha value is -2.86. The molecule has 3 nitrogen and oxygen atoms in total. The molecule has 0 spiro atoms. The predicted molar refractivity (Wildman–Crippen MR) is 80.9 cm³/mol. The molecule has 0 fully saturated rings. The van der Waals surface area contributed by atoms with Gasteiger partial charge >= 0.3 is 0 Å². The van der Waals surface area contributed by atoms with E-state index in [9.17, 15) is 0 Å². The molecular formula is C17H13N3. The molecule has 3 heteroatoms. The van der Waals surface area contributed by atoms with Crippen molar-refractivity contribution in [2.45, 2.75) is 6.92 Å². The molecule has 0 amide bonds. The molecule has 0 atom stereocenters. The highest BCUT2D eigenvalue weighted by Gasteiger charge is 2.06. The number of nitrogens with one attached hydrogen (secondary N) is 1. The highest BCUT2D eigenvalue weighted by molar-refractivity contribution is 5.94. The average molecular weight is 259 g/mol. The van der Waals surface area contributed by atoms with Gasteiger partial charge in [-0.05, 0) is 30.7 Å². The molecule has 2 aromatic carbocycles. The lowest BCUT2D eigenvalue weighted by atomic mass is 10.1. The number of nitriles is 1. The summed E-state index contributed by atoms with van der Waals surface area (Å²) in [5.74, 6) is 0. The SMILES string of the molecule is Cc1cccc2c(Nc3ccccc3C#N)ccnc12. The number of para-hydroxylation sites is 2. The molecule has 3 rings (SSSR count). The largest absolute Gasteiger partial charge is 0.354 e. The van der Waals surface area contributed by atoms with Gasteiger partial charge in [-0.2, -0.15) is 5.26 Å². The van der Waals surface area contributed by atoms with Gasteiger partial charge in [-0.15, -0.1) is 0 Å². The minimum atomic E-state index is 0.630. The summed E-state index contributed by atoms with van der Waals surface area (Å²) in [6.07, 6.45) is 1.78. The minimum absolute atomic E-state index is 0.630. The molecule has 0 unspecified atom stereocenters. The van der Waals surface area contributed by atoms with Crippen LogP contribution in [0.2, 0.25) is 0 Å². The fraction of sp³-hybridized carbons (Fsp3) is 0.0588. The molecule has 0 bridgehead atoms. The van der Waals surface area contributed by atoms with Crippen LogP contribution in [0, 0.1) is 18.3 Å². The minimum Gasteiger partial charge on any atom is -0.354 e. The number of pyridine rings is 1. The van der Waals surface area contributed by atoms with Crippen LogP contribution in [0.3, 0.4) is 0 Å². The molecule has 0 saturated heterocycles. The molecule has 0 aliphatic carbocycles. The maximum absolute atomic E-state index is 9.15. The number of hydrogen-bond acceptors (Lipinski definition) is 3. The van der Waals surface area contributed by atoms with E-state index >= 15 is 0 Å². The standard InChI is InChI=1S/C17H13N3/c1-12-5-4-7-14-16(9-10-19-17(12)14)20-15-8-3-2-6-13(15)11-18/h2-10H,1H3,(H,19,20). The first-order chi connectivity index (χ1) is 9.79. The number of fused-ring (bicyclic) bond motifs is 1. The zero-order valence-electron chi connectivity index (χ0n) is 11.1. The predicted octanol–water partition coefficient (Wildman–Crippen LogP) is 4.16. The summed E-state index contributed by atoms with van der Waals surface area (Å²) in [4.78, 5) is 4.42. The van der Waals surface area contributed by atoms with Crippen LogP contribution in [-0.4, -0.2) is 4.98 Å². The van der Waals surface area contributed by atoms with Crippen LogP contribution in [0.1, 0.15) is 11.1 Å². The van der Waals surface area contributed by atoms with Gasteiger partial charge in [0.2, 0.25) is 0 Å². The van der Waals surface area contributed by atoms with Crippen molar-refractivity contribution >= 4 is 22.3 Å². The van der Waals surface area contributed by atoms with Crippen molar-refractivity contribution in [3.8, 4) is 6.07 Å². The fourth-order valence-corrected chi connectivity index (χ4v) is 2.27. The second-order valence-electron chi connectivity index (χ2n) is 4.61. The summed E-state index contributed by atoms with van der Waals surface area (Å²) < 4.78 is 0. The van der Waals surface area contributed by atoms with Gasteiger partial charge in [0.25, 0.3) is 0 Å². The average Bonchev–Trinajstić information content (AvgIpc) is 2.49. The number of anilines is 2. The molecule has 0 radical (unpaired) electrons. The number of aromatic nitrogens is 1. The Kier molecular flexibility index (Phi) is 3.06. The quantitative estimate of drug-likeness (QED) is 0.751. The van der Waals surface area contributed by atoms with Crippen LogP contribution in [0.4, 0.5) is 11.4 Å². The van der Waals surface area contributed by atoms with E-state index in [1.165, 1.54) is 0 Å².